The summed E-state index contributed by atoms with van der Waals surface area (Å²) in [6.07, 6.45) is -3.68. The molecule has 5 atom stereocenters. The maximum absolute atomic E-state index is 12.0. The fourth-order valence-corrected chi connectivity index (χ4v) is 3.11. The molecule has 1 heterocycles. The van der Waals surface area contributed by atoms with Crippen molar-refractivity contribution in [3.05, 3.63) is 65.7 Å². The van der Waals surface area contributed by atoms with Gasteiger partial charge in [0.2, 0.25) is 0 Å². The van der Waals surface area contributed by atoms with Gasteiger partial charge in [0.1, 0.15) is 42.5 Å². The standard InChI is InChI=1S/C23H26O9/c24-16-6-1-14(2-7-16)5-10-19(26)31-13-18-20(27)21(28)22(29)23(32-18)30-12-11-15-3-8-17(25)9-4-15/h1-10,18,20-25,27-29H,11-13H2/t18-,20-,21+,22-,23-/m1/s1. The van der Waals surface area contributed by atoms with Crippen LogP contribution < -0.4 is 0 Å². The summed E-state index contributed by atoms with van der Waals surface area (Å²) in [5.74, 6) is -0.443. The number of carbonyl (C=O) groups excluding carboxylic acids is 1. The number of rotatable bonds is 8. The minimum Gasteiger partial charge on any atom is -0.508 e. The van der Waals surface area contributed by atoms with Crippen LogP contribution in [0.1, 0.15) is 11.1 Å². The van der Waals surface area contributed by atoms with Crippen molar-refractivity contribution >= 4 is 12.0 Å². The van der Waals surface area contributed by atoms with Crippen LogP contribution in [0, 0.1) is 0 Å². The minimum atomic E-state index is -1.54. The van der Waals surface area contributed by atoms with E-state index in [1.807, 2.05) is 0 Å². The van der Waals surface area contributed by atoms with E-state index in [4.69, 9.17) is 14.2 Å². The SMILES string of the molecule is O=C(C=Cc1ccc(O)cc1)OC[C@H]1O[C@@H](OCCc2ccc(O)cc2)[C@H](O)[C@@H](O)[C@@H]1O. The highest BCUT2D eigenvalue weighted by molar-refractivity contribution is 5.87. The van der Waals surface area contributed by atoms with E-state index in [-0.39, 0.29) is 24.7 Å². The van der Waals surface area contributed by atoms with E-state index in [1.165, 1.54) is 24.3 Å². The zero-order valence-corrected chi connectivity index (χ0v) is 17.2. The minimum absolute atomic E-state index is 0.105. The molecule has 32 heavy (non-hydrogen) atoms. The van der Waals surface area contributed by atoms with Gasteiger partial charge in [-0.1, -0.05) is 24.3 Å². The molecule has 1 saturated heterocycles. The lowest BCUT2D eigenvalue weighted by Crippen LogP contribution is -2.59. The van der Waals surface area contributed by atoms with Gasteiger partial charge in [0.05, 0.1) is 6.61 Å². The Bertz CT molecular complexity index is 895. The Balaban J connectivity index is 1.49. The number of aliphatic hydroxyl groups excluding tert-OH is 3. The summed E-state index contributed by atoms with van der Waals surface area (Å²) in [6, 6.07) is 12.7. The molecule has 3 rings (SSSR count). The number of hydrogen-bond donors (Lipinski definition) is 5. The maximum Gasteiger partial charge on any atom is 0.330 e. The molecule has 2 aromatic carbocycles. The average molecular weight is 446 g/mol. The van der Waals surface area contributed by atoms with Gasteiger partial charge in [-0.25, -0.2) is 4.79 Å². The van der Waals surface area contributed by atoms with E-state index in [2.05, 4.69) is 0 Å². The first-order chi connectivity index (χ1) is 15.3. The third-order valence-corrected chi connectivity index (χ3v) is 4.97. The molecule has 0 spiro atoms. The van der Waals surface area contributed by atoms with Gasteiger partial charge in [-0.05, 0) is 47.9 Å². The van der Waals surface area contributed by atoms with Crippen LogP contribution in [0.4, 0.5) is 0 Å². The lowest BCUT2D eigenvalue weighted by atomic mass is 9.99. The highest BCUT2D eigenvalue weighted by atomic mass is 16.7. The van der Waals surface area contributed by atoms with Gasteiger partial charge in [-0.2, -0.15) is 0 Å². The first-order valence-electron chi connectivity index (χ1n) is 10.1. The Kier molecular flexibility index (Phi) is 8.20. The van der Waals surface area contributed by atoms with Crippen LogP contribution in [0.25, 0.3) is 6.08 Å². The third kappa shape index (κ3) is 6.52. The van der Waals surface area contributed by atoms with E-state index in [0.29, 0.717) is 12.0 Å². The normalized spacial score (nSPS) is 25.7. The van der Waals surface area contributed by atoms with Crippen molar-refractivity contribution < 1.29 is 44.5 Å². The molecule has 2 aromatic rings. The Hall–Kier alpha value is -2.95. The van der Waals surface area contributed by atoms with Crippen LogP contribution in [0.2, 0.25) is 0 Å². The average Bonchev–Trinajstić information content (AvgIpc) is 2.79. The van der Waals surface area contributed by atoms with Crippen molar-refractivity contribution in [2.75, 3.05) is 13.2 Å². The highest BCUT2D eigenvalue weighted by Gasteiger charge is 2.44. The summed E-state index contributed by atoms with van der Waals surface area (Å²) in [5, 5.41) is 49.0. The summed E-state index contributed by atoms with van der Waals surface area (Å²) < 4.78 is 16.1. The summed E-state index contributed by atoms with van der Waals surface area (Å²) in [5.41, 5.74) is 1.56. The number of benzene rings is 2. The molecule has 1 fully saturated rings. The molecule has 9 heteroatoms. The fraction of sp³-hybridized carbons (Fsp3) is 0.348. The van der Waals surface area contributed by atoms with Crippen molar-refractivity contribution in [1.82, 2.24) is 0 Å². The van der Waals surface area contributed by atoms with Crippen LogP contribution in [0.15, 0.2) is 54.6 Å². The molecule has 0 amide bonds. The van der Waals surface area contributed by atoms with E-state index >= 15 is 0 Å². The van der Waals surface area contributed by atoms with Crippen LogP contribution in [-0.4, -0.2) is 75.4 Å². The largest absolute Gasteiger partial charge is 0.508 e. The molecule has 0 unspecified atom stereocenters. The number of carbonyl (C=O) groups is 1. The number of aromatic hydroxyl groups is 2. The molecular formula is C23H26O9. The zero-order valence-electron chi connectivity index (χ0n) is 17.2. The smallest absolute Gasteiger partial charge is 0.330 e. The number of aliphatic hydroxyl groups is 3. The van der Waals surface area contributed by atoms with Gasteiger partial charge in [-0.3, -0.25) is 0 Å². The van der Waals surface area contributed by atoms with Crippen molar-refractivity contribution in [3.63, 3.8) is 0 Å². The Labute approximate surface area is 184 Å². The summed E-state index contributed by atoms with van der Waals surface area (Å²) in [6.45, 7) is -0.210. The van der Waals surface area contributed by atoms with E-state index in [0.717, 1.165) is 5.56 Å². The van der Waals surface area contributed by atoms with Gasteiger partial charge < -0.3 is 39.7 Å². The Morgan fingerprint density at radius 1 is 0.906 bits per heavy atom. The molecule has 9 nitrogen and oxygen atoms in total. The summed E-state index contributed by atoms with van der Waals surface area (Å²) in [7, 11) is 0. The molecule has 1 aliphatic heterocycles. The summed E-state index contributed by atoms with van der Waals surface area (Å²) in [4.78, 5) is 12.0. The third-order valence-electron chi connectivity index (χ3n) is 4.97. The van der Waals surface area contributed by atoms with Crippen molar-refractivity contribution in [2.45, 2.75) is 37.1 Å². The van der Waals surface area contributed by atoms with Crippen LogP contribution in [-0.2, 0) is 25.4 Å². The highest BCUT2D eigenvalue weighted by Crippen LogP contribution is 2.23. The first-order valence-corrected chi connectivity index (χ1v) is 10.1. The van der Waals surface area contributed by atoms with Crippen LogP contribution in [0.3, 0.4) is 0 Å². The molecule has 0 aliphatic carbocycles. The van der Waals surface area contributed by atoms with E-state index in [1.54, 1.807) is 36.4 Å². The van der Waals surface area contributed by atoms with Crippen molar-refractivity contribution in [1.29, 1.82) is 0 Å². The monoisotopic (exact) mass is 446 g/mol. The second-order valence-corrected chi connectivity index (χ2v) is 7.36. The molecule has 172 valence electrons. The molecule has 0 aromatic heterocycles. The Morgan fingerprint density at radius 3 is 2.19 bits per heavy atom. The van der Waals surface area contributed by atoms with Crippen molar-refractivity contribution in [3.8, 4) is 11.5 Å². The second kappa shape index (κ2) is 11.1. The maximum atomic E-state index is 12.0. The predicted molar refractivity (Wildman–Crippen MR) is 113 cm³/mol. The number of phenolic OH excluding ortho intramolecular Hbond substituents is 2. The van der Waals surface area contributed by atoms with Crippen molar-refractivity contribution in [2.24, 2.45) is 0 Å². The first kappa shape index (κ1) is 23.7. The Morgan fingerprint density at radius 2 is 1.53 bits per heavy atom. The molecular weight excluding hydrogens is 420 g/mol. The van der Waals surface area contributed by atoms with Gasteiger partial charge in [0.25, 0.3) is 0 Å². The molecule has 0 bridgehead atoms. The van der Waals surface area contributed by atoms with Crippen LogP contribution in [0.5, 0.6) is 11.5 Å². The number of phenols is 2. The fourth-order valence-electron chi connectivity index (χ4n) is 3.11. The van der Waals surface area contributed by atoms with Gasteiger partial charge in [-0.15, -0.1) is 0 Å². The quantitative estimate of drug-likeness (QED) is 0.292. The number of esters is 1. The lowest BCUT2D eigenvalue weighted by Gasteiger charge is -2.39. The predicted octanol–water partition coefficient (Wildman–Crippen LogP) is 0.721. The van der Waals surface area contributed by atoms with Gasteiger partial charge in [0.15, 0.2) is 6.29 Å². The number of ether oxygens (including phenoxy) is 3. The summed E-state index contributed by atoms with van der Waals surface area (Å²) >= 11 is 0. The number of hydrogen-bond acceptors (Lipinski definition) is 9. The second-order valence-electron chi connectivity index (χ2n) is 7.36. The van der Waals surface area contributed by atoms with Crippen LogP contribution >= 0.6 is 0 Å². The zero-order chi connectivity index (χ0) is 23.1. The molecule has 5 N–H and O–H groups in total. The van der Waals surface area contributed by atoms with E-state index < -0.39 is 36.7 Å². The molecule has 1 aliphatic rings. The lowest BCUT2D eigenvalue weighted by molar-refractivity contribution is -0.301. The van der Waals surface area contributed by atoms with E-state index in [9.17, 15) is 30.3 Å². The molecule has 0 radical (unpaired) electrons. The molecule has 0 saturated carbocycles. The van der Waals surface area contributed by atoms with Gasteiger partial charge >= 0.3 is 5.97 Å². The van der Waals surface area contributed by atoms with Gasteiger partial charge in [0, 0.05) is 6.08 Å². The topological polar surface area (TPSA) is 146 Å².